The van der Waals surface area contributed by atoms with Crippen LogP contribution in [0.2, 0.25) is 5.02 Å². The van der Waals surface area contributed by atoms with Gasteiger partial charge in [-0.05, 0) is 56.1 Å². The Kier molecular flexibility index (Phi) is 4.97. The number of hydrogen-bond acceptors (Lipinski definition) is 3. The number of carbonyl (C=O) groups is 1. The van der Waals surface area contributed by atoms with Crippen LogP contribution in [-0.2, 0) is 0 Å². The largest absolute Gasteiger partial charge is 0.321 e. The Hall–Kier alpha value is -1.44. The minimum Gasteiger partial charge on any atom is -0.321 e. The van der Waals surface area contributed by atoms with E-state index in [1.165, 1.54) is 18.2 Å². The number of amides is 1. The molecule has 0 aliphatic heterocycles. The molecule has 0 aliphatic carbocycles. The molecule has 2 rings (SSSR count). The standard InChI is InChI=1S/C13H7Br2ClN2O3/c14-8-5-4-7(6-11(8)18(20)21)13(19)17-10-3-1-2-9(16)12(10)15/h1-6H,(H,17,19). The van der Waals surface area contributed by atoms with Crippen LogP contribution in [0.5, 0.6) is 0 Å². The van der Waals surface area contributed by atoms with Crippen molar-refractivity contribution in [2.75, 3.05) is 5.32 Å². The summed E-state index contributed by atoms with van der Waals surface area (Å²) >= 11 is 12.3. The minimum atomic E-state index is -0.559. The van der Waals surface area contributed by atoms with E-state index in [2.05, 4.69) is 37.2 Å². The zero-order chi connectivity index (χ0) is 15.6. The fraction of sp³-hybridized carbons (Fsp3) is 0. The average Bonchev–Trinajstić information content (AvgIpc) is 2.44. The third-order valence-electron chi connectivity index (χ3n) is 2.60. The summed E-state index contributed by atoms with van der Waals surface area (Å²) in [5, 5.41) is 14.0. The molecule has 1 amide bonds. The Labute approximate surface area is 141 Å². The molecular formula is C13H7Br2ClN2O3. The van der Waals surface area contributed by atoms with E-state index in [0.29, 0.717) is 19.7 Å². The van der Waals surface area contributed by atoms with Gasteiger partial charge in [-0.2, -0.15) is 0 Å². The predicted octanol–water partition coefficient (Wildman–Crippen LogP) is 5.03. The highest BCUT2D eigenvalue weighted by molar-refractivity contribution is 9.11. The number of nitro benzene ring substituents is 1. The highest BCUT2D eigenvalue weighted by Gasteiger charge is 2.17. The van der Waals surface area contributed by atoms with Gasteiger partial charge in [0.1, 0.15) is 0 Å². The number of halogens is 3. The summed E-state index contributed by atoms with van der Waals surface area (Å²) in [4.78, 5) is 22.5. The van der Waals surface area contributed by atoms with Crippen LogP contribution in [0.3, 0.4) is 0 Å². The van der Waals surface area contributed by atoms with Crippen molar-refractivity contribution >= 4 is 60.7 Å². The number of carbonyl (C=O) groups excluding carboxylic acids is 1. The summed E-state index contributed by atoms with van der Waals surface area (Å²) in [6.45, 7) is 0. The number of rotatable bonds is 3. The molecule has 21 heavy (non-hydrogen) atoms. The molecule has 0 fully saturated rings. The molecule has 0 bridgehead atoms. The van der Waals surface area contributed by atoms with Gasteiger partial charge >= 0.3 is 0 Å². The number of nitrogens with zero attached hydrogens (tertiary/aromatic N) is 1. The van der Waals surface area contributed by atoms with Crippen LogP contribution in [0.25, 0.3) is 0 Å². The van der Waals surface area contributed by atoms with Crippen LogP contribution in [0.4, 0.5) is 11.4 Å². The molecular weight excluding hydrogens is 427 g/mol. The lowest BCUT2D eigenvalue weighted by molar-refractivity contribution is -0.385. The van der Waals surface area contributed by atoms with Gasteiger partial charge in [-0.25, -0.2) is 0 Å². The molecule has 8 heteroatoms. The molecule has 0 atom stereocenters. The molecule has 0 aromatic heterocycles. The van der Waals surface area contributed by atoms with Gasteiger partial charge in [-0.3, -0.25) is 14.9 Å². The number of hydrogen-bond donors (Lipinski definition) is 1. The highest BCUT2D eigenvalue weighted by Crippen LogP contribution is 2.31. The first-order valence-electron chi connectivity index (χ1n) is 5.59. The average molecular weight is 434 g/mol. The Balaban J connectivity index is 2.31. The first-order valence-corrected chi connectivity index (χ1v) is 7.56. The summed E-state index contributed by atoms with van der Waals surface area (Å²) in [6, 6.07) is 9.18. The topological polar surface area (TPSA) is 72.2 Å². The quantitative estimate of drug-likeness (QED) is 0.544. The van der Waals surface area contributed by atoms with Gasteiger partial charge in [0.05, 0.1) is 24.6 Å². The van der Waals surface area contributed by atoms with Crippen molar-refractivity contribution < 1.29 is 9.72 Å². The van der Waals surface area contributed by atoms with E-state index in [1.807, 2.05) is 0 Å². The fourth-order valence-corrected chi connectivity index (χ4v) is 2.52. The third kappa shape index (κ3) is 3.61. The Morgan fingerprint density at radius 2 is 1.95 bits per heavy atom. The summed E-state index contributed by atoms with van der Waals surface area (Å²) in [5.41, 5.74) is 0.489. The van der Waals surface area contributed by atoms with Gasteiger partial charge in [-0.1, -0.05) is 17.7 Å². The molecule has 0 saturated heterocycles. The highest BCUT2D eigenvalue weighted by atomic mass is 79.9. The SMILES string of the molecule is O=C(Nc1cccc(Cl)c1Br)c1ccc(Br)c([N+](=O)[O-])c1. The first-order chi connectivity index (χ1) is 9.90. The molecule has 1 N–H and O–H groups in total. The van der Waals surface area contributed by atoms with Gasteiger partial charge in [-0.15, -0.1) is 0 Å². The van der Waals surface area contributed by atoms with Crippen LogP contribution >= 0.6 is 43.5 Å². The summed E-state index contributed by atoms with van der Waals surface area (Å²) < 4.78 is 0.861. The lowest BCUT2D eigenvalue weighted by Gasteiger charge is -2.08. The summed E-state index contributed by atoms with van der Waals surface area (Å²) in [7, 11) is 0. The molecule has 2 aromatic carbocycles. The van der Waals surface area contributed by atoms with E-state index in [-0.39, 0.29) is 11.3 Å². The number of nitro groups is 1. The Morgan fingerprint density at radius 1 is 1.24 bits per heavy atom. The zero-order valence-electron chi connectivity index (χ0n) is 10.3. The van der Waals surface area contributed by atoms with Crippen molar-refractivity contribution in [1.82, 2.24) is 0 Å². The van der Waals surface area contributed by atoms with Crippen molar-refractivity contribution in [2.45, 2.75) is 0 Å². The number of nitrogens with one attached hydrogen (secondary N) is 1. The summed E-state index contributed by atoms with van der Waals surface area (Å²) in [5.74, 6) is -0.464. The Bertz CT molecular complexity index is 737. The zero-order valence-corrected chi connectivity index (χ0v) is 14.2. The van der Waals surface area contributed by atoms with Crippen LogP contribution in [0, 0.1) is 10.1 Å². The van der Waals surface area contributed by atoms with E-state index >= 15 is 0 Å². The van der Waals surface area contributed by atoms with Crippen LogP contribution in [0.1, 0.15) is 10.4 Å². The molecule has 0 radical (unpaired) electrons. The number of anilines is 1. The molecule has 5 nitrogen and oxygen atoms in total. The second-order valence-corrected chi connectivity index (χ2v) is 6.03. The van der Waals surface area contributed by atoms with Gasteiger partial charge < -0.3 is 5.32 Å². The van der Waals surface area contributed by atoms with Gasteiger partial charge in [0.25, 0.3) is 11.6 Å². The van der Waals surface area contributed by atoms with Crippen molar-refractivity contribution in [2.24, 2.45) is 0 Å². The Morgan fingerprint density at radius 3 is 2.62 bits per heavy atom. The molecule has 0 saturated carbocycles. The second kappa shape index (κ2) is 6.55. The van der Waals surface area contributed by atoms with Crippen molar-refractivity contribution in [3.63, 3.8) is 0 Å². The lowest BCUT2D eigenvalue weighted by Crippen LogP contribution is -2.12. The first kappa shape index (κ1) is 15.9. The fourth-order valence-electron chi connectivity index (χ4n) is 1.59. The van der Waals surface area contributed by atoms with Crippen LogP contribution < -0.4 is 5.32 Å². The maximum absolute atomic E-state index is 12.2. The van der Waals surface area contributed by atoms with Gasteiger partial charge in [0.2, 0.25) is 0 Å². The number of benzene rings is 2. The van der Waals surface area contributed by atoms with E-state index in [9.17, 15) is 14.9 Å². The molecule has 0 spiro atoms. The molecule has 0 aliphatic rings. The smallest absolute Gasteiger partial charge is 0.284 e. The van der Waals surface area contributed by atoms with Gasteiger partial charge in [0, 0.05) is 11.6 Å². The normalized spacial score (nSPS) is 10.2. The molecule has 2 aromatic rings. The molecule has 0 unspecified atom stereocenters. The van der Waals surface area contributed by atoms with Gasteiger partial charge in [0.15, 0.2) is 0 Å². The van der Waals surface area contributed by atoms with E-state index in [4.69, 9.17) is 11.6 Å². The van der Waals surface area contributed by atoms with Crippen molar-refractivity contribution in [3.05, 3.63) is 66.0 Å². The molecule has 0 heterocycles. The minimum absolute atomic E-state index is 0.173. The van der Waals surface area contributed by atoms with Crippen LogP contribution in [-0.4, -0.2) is 10.8 Å². The van der Waals surface area contributed by atoms with E-state index in [1.54, 1.807) is 18.2 Å². The third-order valence-corrected chi connectivity index (χ3v) is 4.67. The van der Waals surface area contributed by atoms with Crippen LogP contribution in [0.15, 0.2) is 45.3 Å². The van der Waals surface area contributed by atoms with E-state index < -0.39 is 10.8 Å². The van der Waals surface area contributed by atoms with Crippen molar-refractivity contribution in [3.8, 4) is 0 Å². The maximum atomic E-state index is 12.2. The molecule has 108 valence electrons. The summed E-state index contributed by atoms with van der Waals surface area (Å²) in [6.07, 6.45) is 0. The maximum Gasteiger partial charge on any atom is 0.284 e. The van der Waals surface area contributed by atoms with E-state index in [0.717, 1.165) is 0 Å². The van der Waals surface area contributed by atoms with Crippen molar-refractivity contribution in [1.29, 1.82) is 0 Å². The predicted molar refractivity (Wildman–Crippen MR) is 87.9 cm³/mol. The monoisotopic (exact) mass is 432 g/mol. The second-order valence-electron chi connectivity index (χ2n) is 3.98. The lowest BCUT2D eigenvalue weighted by atomic mass is 10.2.